The van der Waals surface area contributed by atoms with Crippen LogP contribution in [0.25, 0.3) is 0 Å². The molecule has 13 heavy (non-hydrogen) atoms. The summed E-state index contributed by atoms with van der Waals surface area (Å²) in [5.74, 6) is 3.29. The summed E-state index contributed by atoms with van der Waals surface area (Å²) in [6.45, 7) is 0. The molecular weight excluding hydrogens is 158 g/mol. The molecule has 0 aromatic heterocycles. The zero-order chi connectivity index (χ0) is 8.89. The van der Waals surface area contributed by atoms with Crippen molar-refractivity contribution in [2.45, 2.75) is 50.5 Å². The monoisotopic (exact) mass is 179 g/mol. The minimum atomic E-state index is 0.568. The lowest BCUT2D eigenvalue weighted by atomic mass is 9.74. The van der Waals surface area contributed by atoms with Gasteiger partial charge in [-0.1, -0.05) is 12.8 Å². The molecule has 4 atom stereocenters. The normalized spacial score (nSPS) is 53.8. The van der Waals surface area contributed by atoms with E-state index in [2.05, 4.69) is 12.4 Å². The van der Waals surface area contributed by atoms with Crippen LogP contribution >= 0.6 is 0 Å². The van der Waals surface area contributed by atoms with Crippen molar-refractivity contribution in [1.29, 1.82) is 0 Å². The zero-order valence-corrected chi connectivity index (χ0v) is 8.68. The SMILES string of the molecule is CN[C@]12CCC[C@H]3C[C@@H](CC3C1)C2. The zero-order valence-electron chi connectivity index (χ0n) is 8.68. The van der Waals surface area contributed by atoms with Gasteiger partial charge in [0.05, 0.1) is 0 Å². The van der Waals surface area contributed by atoms with Crippen molar-refractivity contribution in [1.82, 2.24) is 5.32 Å². The maximum atomic E-state index is 3.65. The van der Waals surface area contributed by atoms with Gasteiger partial charge >= 0.3 is 0 Å². The summed E-state index contributed by atoms with van der Waals surface area (Å²) >= 11 is 0. The summed E-state index contributed by atoms with van der Waals surface area (Å²) in [5, 5.41) is 3.65. The van der Waals surface area contributed by atoms with Crippen molar-refractivity contribution in [2.75, 3.05) is 7.05 Å². The average molecular weight is 179 g/mol. The Labute approximate surface area is 81.3 Å². The maximum absolute atomic E-state index is 3.65. The first-order valence-corrected chi connectivity index (χ1v) is 6.00. The summed E-state index contributed by atoms with van der Waals surface area (Å²) in [7, 11) is 2.19. The summed E-state index contributed by atoms with van der Waals surface area (Å²) in [4.78, 5) is 0. The minimum absolute atomic E-state index is 0.568. The first-order chi connectivity index (χ1) is 6.31. The number of rotatable bonds is 1. The third-order valence-electron chi connectivity index (χ3n) is 5.03. The fourth-order valence-corrected chi connectivity index (χ4v) is 4.48. The molecule has 3 aliphatic carbocycles. The molecule has 74 valence electrons. The van der Waals surface area contributed by atoms with Crippen molar-refractivity contribution < 1.29 is 0 Å². The Morgan fingerprint density at radius 2 is 2.00 bits per heavy atom. The largest absolute Gasteiger partial charge is 0.314 e. The van der Waals surface area contributed by atoms with Gasteiger partial charge in [-0.15, -0.1) is 0 Å². The highest BCUT2D eigenvalue weighted by Gasteiger charge is 2.48. The molecule has 3 aliphatic rings. The molecule has 1 nitrogen and oxygen atoms in total. The number of nitrogens with one attached hydrogen (secondary N) is 1. The van der Waals surface area contributed by atoms with Crippen molar-refractivity contribution in [3.63, 3.8) is 0 Å². The van der Waals surface area contributed by atoms with Gasteiger partial charge in [-0.2, -0.15) is 0 Å². The molecule has 0 spiro atoms. The van der Waals surface area contributed by atoms with Crippen LogP contribution in [0.1, 0.15) is 44.9 Å². The highest BCUT2D eigenvalue weighted by Crippen LogP contribution is 2.54. The lowest BCUT2D eigenvalue weighted by Gasteiger charge is -2.40. The molecule has 0 saturated heterocycles. The predicted molar refractivity (Wildman–Crippen MR) is 54.6 cm³/mol. The van der Waals surface area contributed by atoms with E-state index in [1.54, 1.807) is 12.8 Å². The van der Waals surface area contributed by atoms with Crippen LogP contribution in [0.15, 0.2) is 0 Å². The number of fused-ring (bicyclic) bond motifs is 2. The molecule has 0 aromatic rings. The average Bonchev–Trinajstić information content (AvgIpc) is 2.34. The van der Waals surface area contributed by atoms with Gasteiger partial charge in [-0.3, -0.25) is 0 Å². The quantitative estimate of drug-likeness (QED) is 0.652. The summed E-state index contributed by atoms with van der Waals surface area (Å²) < 4.78 is 0. The van der Waals surface area contributed by atoms with Gasteiger partial charge < -0.3 is 5.32 Å². The highest BCUT2D eigenvalue weighted by molar-refractivity contribution is 5.03. The van der Waals surface area contributed by atoms with Gasteiger partial charge in [0, 0.05) is 5.54 Å². The van der Waals surface area contributed by atoms with E-state index in [9.17, 15) is 0 Å². The molecule has 1 unspecified atom stereocenters. The van der Waals surface area contributed by atoms with E-state index in [0.717, 1.165) is 17.8 Å². The molecule has 3 saturated carbocycles. The smallest absolute Gasteiger partial charge is 0.0183 e. The first kappa shape index (κ1) is 8.28. The van der Waals surface area contributed by atoms with Crippen molar-refractivity contribution >= 4 is 0 Å². The van der Waals surface area contributed by atoms with Crippen LogP contribution in [0.5, 0.6) is 0 Å². The van der Waals surface area contributed by atoms with Gasteiger partial charge in [0.25, 0.3) is 0 Å². The third-order valence-corrected chi connectivity index (χ3v) is 5.03. The summed E-state index contributed by atoms with van der Waals surface area (Å²) in [6, 6.07) is 0. The highest BCUT2D eigenvalue weighted by atomic mass is 15.0. The maximum Gasteiger partial charge on any atom is 0.0183 e. The summed E-state index contributed by atoms with van der Waals surface area (Å²) in [5.41, 5.74) is 0.568. The van der Waals surface area contributed by atoms with Gasteiger partial charge in [0.1, 0.15) is 0 Å². The van der Waals surface area contributed by atoms with Crippen LogP contribution in [0.3, 0.4) is 0 Å². The fraction of sp³-hybridized carbons (Fsp3) is 1.00. The second-order valence-corrected chi connectivity index (χ2v) is 5.69. The number of hydrogen-bond acceptors (Lipinski definition) is 1. The molecule has 0 radical (unpaired) electrons. The third kappa shape index (κ3) is 1.16. The molecular formula is C12H21N. The van der Waals surface area contributed by atoms with Crippen molar-refractivity contribution in [2.24, 2.45) is 17.8 Å². The van der Waals surface area contributed by atoms with Gasteiger partial charge in [-0.05, 0) is 56.9 Å². The Hall–Kier alpha value is -0.0400. The van der Waals surface area contributed by atoms with Crippen LogP contribution in [0, 0.1) is 17.8 Å². The lowest BCUT2D eigenvalue weighted by molar-refractivity contribution is 0.175. The second kappa shape index (κ2) is 2.73. The summed E-state index contributed by atoms with van der Waals surface area (Å²) in [6.07, 6.45) is 10.6. The molecule has 1 N–H and O–H groups in total. The van der Waals surface area contributed by atoms with Gasteiger partial charge in [0.15, 0.2) is 0 Å². The molecule has 0 heterocycles. The van der Waals surface area contributed by atoms with Crippen LogP contribution in [-0.2, 0) is 0 Å². The molecule has 0 aromatic carbocycles. The van der Waals surface area contributed by atoms with E-state index >= 15 is 0 Å². The fourth-order valence-electron chi connectivity index (χ4n) is 4.48. The predicted octanol–water partition coefficient (Wildman–Crippen LogP) is 2.56. The van der Waals surface area contributed by atoms with Crippen LogP contribution in [0.4, 0.5) is 0 Å². The molecule has 0 aliphatic heterocycles. The minimum Gasteiger partial charge on any atom is -0.314 e. The molecule has 3 bridgehead atoms. The number of hydrogen-bond donors (Lipinski definition) is 1. The Balaban J connectivity index is 1.91. The Kier molecular flexibility index (Phi) is 1.74. The van der Waals surface area contributed by atoms with Crippen LogP contribution in [0.2, 0.25) is 0 Å². The molecule has 1 heteroatoms. The van der Waals surface area contributed by atoms with E-state index in [-0.39, 0.29) is 0 Å². The second-order valence-electron chi connectivity index (χ2n) is 5.69. The first-order valence-electron chi connectivity index (χ1n) is 6.00. The van der Waals surface area contributed by atoms with Crippen LogP contribution < -0.4 is 5.32 Å². The van der Waals surface area contributed by atoms with Gasteiger partial charge in [-0.25, -0.2) is 0 Å². The van der Waals surface area contributed by atoms with Crippen molar-refractivity contribution in [3.8, 4) is 0 Å². The van der Waals surface area contributed by atoms with Crippen molar-refractivity contribution in [3.05, 3.63) is 0 Å². The Bertz CT molecular complexity index is 213. The van der Waals surface area contributed by atoms with E-state index in [4.69, 9.17) is 0 Å². The molecule has 3 fully saturated rings. The standard InChI is InChI=1S/C12H21N/c1-13-12-4-2-3-10-5-9(7-12)6-11(10)8-12/h9-11,13H,2-8H2,1H3/t9-,10-,11?,12-/m0/s1. The Morgan fingerprint density at radius 1 is 1.15 bits per heavy atom. The van der Waals surface area contributed by atoms with Gasteiger partial charge in [0.2, 0.25) is 0 Å². The van der Waals surface area contributed by atoms with E-state index in [0.29, 0.717) is 5.54 Å². The lowest BCUT2D eigenvalue weighted by Crippen LogP contribution is -2.47. The molecule has 0 amide bonds. The Morgan fingerprint density at radius 3 is 2.85 bits per heavy atom. The van der Waals surface area contributed by atoms with E-state index in [1.807, 2.05) is 0 Å². The topological polar surface area (TPSA) is 12.0 Å². The van der Waals surface area contributed by atoms with Crippen LogP contribution in [-0.4, -0.2) is 12.6 Å². The van der Waals surface area contributed by atoms with E-state index < -0.39 is 0 Å². The molecule has 3 rings (SSSR count). The van der Waals surface area contributed by atoms with E-state index in [1.165, 1.54) is 32.1 Å².